The molecule has 0 aliphatic carbocycles. The highest BCUT2D eigenvalue weighted by molar-refractivity contribution is 5.09. The normalized spacial score (nSPS) is 11.2. The van der Waals surface area contributed by atoms with Crippen LogP contribution < -0.4 is 5.32 Å². The quantitative estimate of drug-likeness (QED) is 0.596. The van der Waals surface area contributed by atoms with Crippen molar-refractivity contribution in [2.24, 2.45) is 0 Å². The lowest BCUT2D eigenvalue weighted by Crippen LogP contribution is -2.33. The third-order valence-corrected chi connectivity index (χ3v) is 3.27. The number of unbranched alkanes of at least 4 members (excludes halogenated alkanes) is 1. The Hall–Kier alpha value is -0.970. The molecule has 114 valence electrons. The van der Waals surface area contributed by atoms with Crippen LogP contribution in [0.25, 0.3) is 0 Å². The molecule has 4 nitrogen and oxygen atoms in total. The summed E-state index contributed by atoms with van der Waals surface area (Å²) in [5.41, 5.74) is 1.32. The summed E-state index contributed by atoms with van der Waals surface area (Å²) in [6.07, 6.45) is 6.08. The Kier molecular flexibility index (Phi) is 10.1. The highest BCUT2D eigenvalue weighted by atomic mass is 16.5. The fraction of sp³-hybridized carbons (Fsp3) is 0.688. The van der Waals surface area contributed by atoms with Gasteiger partial charge in [-0.1, -0.05) is 20.3 Å². The molecule has 0 saturated heterocycles. The number of nitrogens with one attached hydrogen (secondary N) is 1. The van der Waals surface area contributed by atoms with Gasteiger partial charge in [0, 0.05) is 45.2 Å². The van der Waals surface area contributed by atoms with E-state index in [9.17, 15) is 0 Å². The van der Waals surface area contributed by atoms with Crippen LogP contribution in [0.3, 0.4) is 0 Å². The van der Waals surface area contributed by atoms with E-state index in [-0.39, 0.29) is 0 Å². The first-order valence-corrected chi connectivity index (χ1v) is 7.76. The standard InChI is InChI=1S/C16H29N3O/c1-3-5-13-20-14-11-18-10-12-19(4-2)15-16-6-8-17-9-7-16/h6-9,18H,3-5,10-15H2,1-2H3. The predicted octanol–water partition coefficient (Wildman–Crippen LogP) is 2.31. The van der Waals surface area contributed by atoms with Crippen LogP contribution in [0.2, 0.25) is 0 Å². The summed E-state index contributed by atoms with van der Waals surface area (Å²) in [6.45, 7) is 11.2. The molecule has 1 heterocycles. The van der Waals surface area contributed by atoms with Gasteiger partial charge in [0.2, 0.25) is 0 Å². The molecule has 4 heteroatoms. The molecule has 1 aromatic heterocycles. The van der Waals surface area contributed by atoms with Gasteiger partial charge in [-0.3, -0.25) is 9.88 Å². The Labute approximate surface area is 123 Å². The fourth-order valence-electron chi connectivity index (χ4n) is 1.95. The van der Waals surface area contributed by atoms with Gasteiger partial charge in [0.25, 0.3) is 0 Å². The Morgan fingerprint density at radius 2 is 1.95 bits per heavy atom. The number of rotatable bonds is 12. The van der Waals surface area contributed by atoms with E-state index in [4.69, 9.17) is 4.74 Å². The predicted molar refractivity (Wildman–Crippen MR) is 83.8 cm³/mol. The second kappa shape index (κ2) is 11.8. The first-order valence-electron chi connectivity index (χ1n) is 7.76. The van der Waals surface area contributed by atoms with Crippen LogP contribution in [-0.4, -0.2) is 49.3 Å². The van der Waals surface area contributed by atoms with E-state index in [1.165, 1.54) is 12.0 Å². The van der Waals surface area contributed by atoms with E-state index in [0.29, 0.717) is 0 Å². The van der Waals surface area contributed by atoms with E-state index in [2.05, 4.69) is 41.2 Å². The molecule has 0 bridgehead atoms. The van der Waals surface area contributed by atoms with Crippen molar-refractivity contribution < 1.29 is 4.74 Å². The van der Waals surface area contributed by atoms with E-state index >= 15 is 0 Å². The van der Waals surface area contributed by atoms with Gasteiger partial charge in [0.1, 0.15) is 0 Å². The minimum atomic E-state index is 0.816. The molecule has 1 N–H and O–H groups in total. The van der Waals surface area contributed by atoms with Gasteiger partial charge in [0.05, 0.1) is 6.61 Å². The minimum Gasteiger partial charge on any atom is -0.380 e. The van der Waals surface area contributed by atoms with Gasteiger partial charge in [0.15, 0.2) is 0 Å². The lowest BCUT2D eigenvalue weighted by molar-refractivity contribution is 0.132. The highest BCUT2D eigenvalue weighted by Gasteiger charge is 2.02. The molecule has 0 unspecified atom stereocenters. The maximum Gasteiger partial charge on any atom is 0.0590 e. The minimum absolute atomic E-state index is 0.816. The molecule has 0 aromatic carbocycles. The van der Waals surface area contributed by atoms with Crippen molar-refractivity contribution in [2.45, 2.75) is 33.2 Å². The summed E-state index contributed by atoms with van der Waals surface area (Å²) in [6, 6.07) is 4.16. The molecule has 0 fully saturated rings. The SMILES string of the molecule is CCCCOCCNCCN(CC)Cc1ccncc1. The molecule has 1 rings (SSSR count). The first kappa shape index (κ1) is 17.1. The molecule has 0 amide bonds. The highest BCUT2D eigenvalue weighted by Crippen LogP contribution is 2.01. The van der Waals surface area contributed by atoms with Crippen molar-refractivity contribution in [3.8, 4) is 0 Å². The van der Waals surface area contributed by atoms with Gasteiger partial charge in [-0.2, -0.15) is 0 Å². The first-order chi connectivity index (χ1) is 9.86. The van der Waals surface area contributed by atoms with Gasteiger partial charge in [-0.05, 0) is 30.7 Å². The van der Waals surface area contributed by atoms with Crippen LogP contribution in [0.15, 0.2) is 24.5 Å². The van der Waals surface area contributed by atoms with Crippen molar-refractivity contribution >= 4 is 0 Å². The van der Waals surface area contributed by atoms with Crippen molar-refractivity contribution in [3.05, 3.63) is 30.1 Å². The lowest BCUT2D eigenvalue weighted by Gasteiger charge is -2.20. The van der Waals surface area contributed by atoms with E-state index in [0.717, 1.165) is 52.4 Å². The van der Waals surface area contributed by atoms with Gasteiger partial charge in [-0.25, -0.2) is 0 Å². The molecule has 0 radical (unpaired) electrons. The van der Waals surface area contributed by atoms with Gasteiger partial charge < -0.3 is 10.1 Å². The lowest BCUT2D eigenvalue weighted by atomic mass is 10.2. The Bertz CT molecular complexity index is 319. The Balaban J connectivity index is 2.04. The molecule has 1 aromatic rings. The molecular formula is C16H29N3O. The Morgan fingerprint density at radius 3 is 2.65 bits per heavy atom. The van der Waals surface area contributed by atoms with Crippen molar-refractivity contribution in [2.75, 3.05) is 39.4 Å². The van der Waals surface area contributed by atoms with Gasteiger partial charge in [-0.15, -0.1) is 0 Å². The van der Waals surface area contributed by atoms with E-state index in [1.807, 2.05) is 12.4 Å². The number of pyridine rings is 1. The molecule has 0 saturated carbocycles. The number of hydrogen-bond acceptors (Lipinski definition) is 4. The van der Waals surface area contributed by atoms with Crippen LogP contribution in [0.1, 0.15) is 32.3 Å². The molecule has 0 atom stereocenters. The Morgan fingerprint density at radius 1 is 1.15 bits per heavy atom. The summed E-state index contributed by atoms with van der Waals surface area (Å²) in [7, 11) is 0. The summed E-state index contributed by atoms with van der Waals surface area (Å²) >= 11 is 0. The third kappa shape index (κ3) is 8.25. The van der Waals surface area contributed by atoms with E-state index < -0.39 is 0 Å². The summed E-state index contributed by atoms with van der Waals surface area (Å²) < 4.78 is 5.52. The van der Waals surface area contributed by atoms with Crippen LogP contribution in [0.5, 0.6) is 0 Å². The second-order valence-corrected chi connectivity index (χ2v) is 4.94. The maximum atomic E-state index is 5.52. The summed E-state index contributed by atoms with van der Waals surface area (Å²) in [4.78, 5) is 6.48. The van der Waals surface area contributed by atoms with Crippen molar-refractivity contribution in [3.63, 3.8) is 0 Å². The number of likely N-dealkylation sites (N-methyl/N-ethyl adjacent to an activating group) is 1. The molecule has 0 spiro atoms. The summed E-state index contributed by atoms with van der Waals surface area (Å²) in [5.74, 6) is 0. The maximum absolute atomic E-state index is 5.52. The van der Waals surface area contributed by atoms with Crippen molar-refractivity contribution in [1.29, 1.82) is 0 Å². The van der Waals surface area contributed by atoms with Gasteiger partial charge >= 0.3 is 0 Å². The number of aromatic nitrogens is 1. The topological polar surface area (TPSA) is 37.4 Å². The largest absolute Gasteiger partial charge is 0.380 e. The molecular weight excluding hydrogens is 250 g/mol. The number of ether oxygens (including phenoxy) is 1. The summed E-state index contributed by atoms with van der Waals surface area (Å²) in [5, 5.41) is 3.43. The fourth-order valence-corrected chi connectivity index (χ4v) is 1.95. The van der Waals surface area contributed by atoms with Crippen LogP contribution in [0, 0.1) is 0 Å². The van der Waals surface area contributed by atoms with E-state index in [1.54, 1.807) is 0 Å². The zero-order chi connectivity index (χ0) is 14.5. The molecule has 20 heavy (non-hydrogen) atoms. The average Bonchev–Trinajstić information content (AvgIpc) is 2.49. The average molecular weight is 279 g/mol. The third-order valence-electron chi connectivity index (χ3n) is 3.27. The van der Waals surface area contributed by atoms with Crippen LogP contribution >= 0.6 is 0 Å². The number of hydrogen-bond donors (Lipinski definition) is 1. The zero-order valence-electron chi connectivity index (χ0n) is 13.0. The van der Waals surface area contributed by atoms with Crippen LogP contribution in [-0.2, 0) is 11.3 Å². The molecule has 0 aliphatic heterocycles. The smallest absolute Gasteiger partial charge is 0.0590 e. The number of nitrogens with zero attached hydrogens (tertiary/aromatic N) is 2. The zero-order valence-corrected chi connectivity index (χ0v) is 13.0. The monoisotopic (exact) mass is 279 g/mol. The molecule has 0 aliphatic rings. The second-order valence-electron chi connectivity index (χ2n) is 4.94. The van der Waals surface area contributed by atoms with Crippen LogP contribution in [0.4, 0.5) is 0 Å². The van der Waals surface area contributed by atoms with Crippen molar-refractivity contribution in [1.82, 2.24) is 15.2 Å².